The average molecular weight is 295 g/mol. The van der Waals surface area contributed by atoms with Crippen LogP contribution in [0.4, 0.5) is 10.1 Å². The van der Waals surface area contributed by atoms with Gasteiger partial charge in [-0.25, -0.2) is 9.18 Å². The highest BCUT2D eigenvalue weighted by Gasteiger charge is 2.12. The molecule has 0 saturated heterocycles. The Morgan fingerprint density at radius 1 is 1.45 bits per heavy atom. The van der Waals surface area contributed by atoms with Crippen LogP contribution in [0.2, 0.25) is 0 Å². The first-order valence-corrected chi connectivity index (χ1v) is 6.34. The highest BCUT2D eigenvalue weighted by Crippen LogP contribution is 2.17. The zero-order valence-corrected chi connectivity index (χ0v) is 11.2. The molecule has 6 nitrogen and oxygen atoms in total. The van der Waals surface area contributed by atoms with Gasteiger partial charge < -0.3 is 10.1 Å². The summed E-state index contributed by atoms with van der Waals surface area (Å²) in [5.41, 5.74) is 0.0824. The van der Waals surface area contributed by atoms with Gasteiger partial charge in [-0.15, -0.1) is 5.10 Å². The van der Waals surface area contributed by atoms with Crippen molar-refractivity contribution in [1.29, 1.82) is 0 Å². The maximum absolute atomic E-state index is 13.4. The highest BCUT2D eigenvalue weighted by atomic mass is 32.1. The van der Waals surface area contributed by atoms with Gasteiger partial charge in [0.25, 0.3) is 0 Å². The maximum Gasteiger partial charge on any atom is 0.338 e. The summed E-state index contributed by atoms with van der Waals surface area (Å²) in [6, 6.07) is 3.61. The summed E-state index contributed by atoms with van der Waals surface area (Å²) in [4.78, 5) is 23.4. The number of nitrogens with zero attached hydrogens (tertiary/aromatic N) is 2. The van der Waals surface area contributed by atoms with E-state index in [-0.39, 0.29) is 17.9 Å². The number of aromatic nitrogens is 2. The van der Waals surface area contributed by atoms with E-state index in [1.54, 1.807) is 0 Å². The normalized spacial score (nSPS) is 10.1. The van der Waals surface area contributed by atoms with Crippen molar-refractivity contribution in [3.63, 3.8) is 0 Å². The van der Waals surface area contributed by atoms with E-state index < -0.39 is 17.7 Å². The molecule has 2 rings (SSSR count). The third kappa shape index (κ3) is 3.58. The fraction of sp³-hybridized carbons (Fsp3) is 0.167. The molecule has 0 radical (unpaired) electrons. The van der Waals surface area contributed by atoms with Gasteiger partial charge in [0.15, 0.2) is 0 Å². The van der Waals surface area contributed by atoms with Crippen molar-refractivity contribution in [3.8, 4) is 0 Å². The number of ether oxygens (including phenoxy) is 1. The van der Waals surface area contributed by atoms with Gasteiger partial charge in [0.2, 0.25) is 5.91 Å². The molecule has 1 aromatic carbocycles. The number of carbonyl (C=O) groups is 2. The van der Waals surface area contributed by atoms with Gasteiger partial charge in [-0.05, 0) is 29.7 Å². The van der Waals surface area contributed by atoms with E-state index in [2.05, 4.69) is 14.9 Å². The van der Waals surface area contributed by atoms with Crippen molar-refractivity contribution in [1.82, 2.24) is 9.59 Å². The molecule has 1 aromatic heterocycles. The van der Waals surface area contributed by atoms with Crippen LogP contribution >= 0.6 is 11.5 Å². The van der Waals surface area contributed by atoms with Crippen LogP contribution in [0, 0.1) is 5.82 Å². The quantitative estimate of drug-likeness (QED) is 0.872. The Morgan fingerprint density at radius 2 is 2.25 bits per heavy atom. The van der Waals surface area contributed by atoms with Crippen LogP contribution in [0.5, 0.6) is 0 Å². The number of esters is 1. The zero-order chi connectivity index (χ0) is 14.5. The summed E-state index contributed by atoms with van der Waals surface area (Å²) < 4.78 is 22.1. The molecule has 1 heterocycles. The summed E-state index contributed by atoms with van der Waals surface area (Å²) in [6.07, 6.45) is 1.49. The van der Waals surface area contributed by atoms with E-state index in [4.69, 9.17) is 4.74 Å². The molecule has 0 aliphatic rings. The van der Waals surface area contributed by atoms with Crippen LogP contribution in [0.25, 0.3) is 0 Å². The lowest BCUT2D eigenvalue weighted by atomic mass is 10.2. The van der Waals surface area contributed by atoms with Gasteiger partial charge in [-0.2, -0.15) is 0 Å². The molecule has 1 amide bonds. The number of nitrogens with one attached hydrogen (secondary N) is 1. The number of carbonyl (C=O) groups excluding carboxylic acids is 2. The fourth-order valence-electron chi connectivity index (χ4n) is 1.41. The summed E-state index contributed by atoms with van der Waals surface area (Å²) in [5.74, 6) is -1.67. The largest absolute Gasteiger partial charge is 0.456 e. The molecular formula is C12H10FN3O3S. The Balaban J connectivity index is 2.07. The Bertz CT molecular complexity index is 631. The summed E-state index contributed by atoms with van der Waals surface area (Å²) in [5, 5.41) is 5.91. The Labute approximate surface area is 117 Å². The summed E-state index contributed by atoms with van der Waals surface area (Å²) in [7, 11) is 0. The number of halogens is 1. The second-order valence-electron chi connectivity index (χ2n) is 3.84. The molecule has 0 bridgehead atoms. The molecule has 0 spiro atoms. The van der Waals surface area contributed by atoms with Crippen LogP contribution in [0.1, 0.15) is 22.2 Å². The van der Waals surface area contributed by atoms with Gasteiger partial charge in [0.1, 0.15) is 12.4 Å². The Hall–Kier alpha value is -2.35. The number of amides is 1. The first-order valence-electron chi connectivity index (χ1n) is 5.57. The van der Waals surface area contributed by atoms with E-state index in [0.29, 0.717) is 4.88 Å². The SMILES string of the molecule is CC(=O)Nc1cc(C(=O)OCc2cnns2)ccc1F. The fourth-order valence-corrected chi connectivity index (χ4v) is 1.81. The van der Waals surface area contributed by atoms with E-state index in [9.17, 15) is 14.0 Å². The lowest BCUT2D eigenvalue weighted by molar-refractivity contribution is -0.114. The van der Waals surface area contributed by atoms with E-state index in [0.717, 1.165) is 17.6 Å². The molecule has 0 atom stereocenters. The van der Waals surface area contributed by atoms with Crippen molar-refractivity contribution in [2.24, 2.45) is 0 Å². The number of anilines is 1. The molecule has 0 saturated carbocycles. The van der Waals surface area contributed by atoms with Gasteiger partial charge in [0, 0.05) is 6.92 Å². The minimum Gasteiger partial charge on any atom is -0.456 e. The second-order valence-corrected chi connectivity index (χ2v) is 4.71. The number of benzene rings is 1. The summed E-state index contributed by atoms with van der Waals surface area (Å²) in [6.45, 7) is 1.30. The third-order valence-corrected chi connectivity index (χ3v) is 2.90. The van der Waals surface area contributed by atoms with Crippen molar-refractivity contribution < 1.29 is 18.7 Å². The lowest BCUT2D eigenvalue weighted by Gasteiger charge is -2.07. The first-order chi connectivity index (χ1) is 9.56. The monoisotopic (exact) mass is 295 g/mol. The average Bonchev–Trinajstić information content (AvgIpc) is 2.91. The van der Waals surface area contributed by atoms with Gasteiger partial charge in [0.05, 0.1) is 22.3 Å². The molecular weight excluding hydrogens is 285 g/mol. The van der Waals surface area contributed by atoms with Gasteiger partial charge in [-0.1, -0.05) is 4.49 Å². The first kappa shape index (κ1) is 14.1. The van der Waals surface area contributed by atoms with Gasteiger partial charge >= 0.3 is 5.97 Å². The van der Waals surface area contributed by atoms with Crippen LogP contribution < -0.4 is 5.32 Å². The Kier molecular flexibility index (Phi) is 4.36. The van der Waals surface area contributed by atoms with E-state index >= 15 is 0 Å². The van der Waals surface area contributed by atoms with Crippen LogP contribution in [-0.2, 0) is 16.1 Å². The second kappa shape index (κ2) is 6.20. The topological polar surface area (TPSA) is 81.2 Å². The van der Waals surface area contributed by atoms with Gasteiger partial charge in [-0.3, -0.25) is 4.79 Å². The molecule has 1 N–H and O–H groups in total. The van der Waals surface area contributed by atoms with E-state index in [1.165, 1.54) is 25.3 Å². The molecule has 104 valence electrons. The van der Waals surface area contributed by atoms with Crippen LogP contribution in [-0.4, -0.2) is 21.5 Å². The number of hydrogen-bond donors (Lipinski definition) is 1. The predicted octanol–water partition coefficient (Wildman–Crippen LogP) is 1.99. The van der Waals surface area contributed by atoms with Crippen molar-refractivity contribution in [3.05, 3.63) is 40.7 Å². The highest BCUT2D eigenvalue weighted by molar-refractivity contribution is 7.05. The maximum atomic E-state index is 13.4. The number of rotatable bonds is 4. The Morgan fingerprint density at radius 3 is 2.90 bits per heavy atom. The van der Waals surface area contributed by atoms with Crippen molar-refractivity contribution in [2.75, 3.05) is 5.32 Å². The van der Waals surface area contributed by atoms with Crippen LogP contribution in [0.3, 0.4) is 0 Å². The minimum absolute atomic E-state index is 0.0450. The predicted molar refractivity (Wildman–Crippen MR) is 69.7 cm³/mol. The van der Waals surface area contributed by atoms with E-state index in [1.807, 2.05) is 0 Å². The molecule has 2 aromatic rings. The van der Waals surface area contributed by atoms with Crippen LogP contribution in [0.15, 0.2) is 24.4 Å². The number of hydrogen-bond acceptors (Lipinski definition) is 6. The smallest absolute Gasteiger partial charge is 0.338 e. The zero-order valence-electron chi connectivity index (χ0n) is 10.4. The molecule has 20 heavy (non-hydrogen) atoms. The molecule has 0 fully saturated rings. The standard InChI is InChI=1S/C12H10FN3O3S/c1-7(17)15-11-4-8(2-3-10(11)13)12(18)19-6-9-5-14-16-20-9/h2-5H,6H2,1H3,(H,15,17). The third-order valence-electron chi connectivity index (χ3n) is 2.27. The molecule has 0 aliphatic carbocycles. The van der Waals surface area contributed by atoms with Crippen molar-refractivity contribution in [2.45, 2.75) is 13.5 Å². The lowest BCUT2D eigenvalue weighted by Crippen LogP contribution is -2.10. The minimum atomic E-state index is -0.622. The summed E-state index contributed by atoms with van der Waals surface area (Å²) >= 11 is 1.12. The molecule has 0 aliphatic heterocycles. The van der Waals surface area contributed by atoms with Crippen molar-refractivity contribution >= 4 is 29.1 Å². The molecule has 8 heteroatoms. The molecule has 0 unspecified atom stereocenters.